The van der Waals surface area contributed by atoms with Crippen LogP contribution in [-0.2, 0) is 16.0 Å². The molecule has 0 amide bonds. The van der Waals surface area contributed by atoms with Gasteiger partial charge in [-0.15, -0.1) is 0 Å². The fraction of sp³-hybridized carbons (Fsp3) is 0.350. The van der Waals surface area contributed by atoms with Crippen molar-refractivity contribution in [3.8, 4) is 62.9 Å². The third-order valence-corrected chi connectivity index (χ3v) is 4.87. The van der Waals surface area contributed by atoms with Crippen LogP contribution in [0.4, 0.5) is 0 Å². The summed E-state index contributed by atoms with van der Waals surface area (Å²) in [6.07, 6.45) is 0.478. The molecule has 0 aliphatic heterocycles. The number of ether oxygens (including phenoxy) is 1. The van der Waals surface area contributed by atoms with Crippen LogP contribution in [0.5, 0.6) is 51.7 Å². The summed E-state index contributed by atoms with van der Waals surface area (Å²) in [6, 6.07) is 0. The zero-order chi connectivity index (χ0) is 23.6. The normalized spacial score (nSPS) is 11.9. The molecule has 0 heterocycles. The van der Waals surface area contributed by atoms with E-state index in [1.54, 1.807) is 13.8 Å². The summed E-state index contributed by atoms with van der Waals surface area (Å²) < 4.78 is 4.88. The SMILES string of the molecule is CCOC(=O)C(C)CCCc1c(O)c(O)c(-c2c(O)c(O)c(O)c(O)c2O)c(O)c1O. The van der Waals surface area contributed by atoms with Crippen LogP contribution in [0.25, 0.3) is 11.1 Å². The number of carbonyl (C=O) groups excluding carboxylic acids is 1. The molecule has 0 saturated carbocycles. The molecular formula is C20H24O11. The first-order chi connectivity index (χ1) is 14.4. The predicted octanol–water partition coefficient (Wildman–Crippen LogP) is 2.23. The Morgan fingerprint density at radius 1 is 0.710 bits per heavy atom. The maximum atomic E-state index is 11.7. The molecule has 11 nitrogen and oxygen atoms in total. The van der Waals surface area contributed by atoms with E-state index in [4.69, 9.17) is 4.74 Å². The summed E-state index contributed by atoms with van der Waals surface area (Å²) in [4.78, 5) is 11.7. The van der Waals surface area contributed by atoms with Crippen LogP contribution in [0.15, 0.2) is 0 Å². The van der Waals surface area contributed by atoms with Gasteiger partial charge in [-0.1, -0.05) is 6.92 Å². The Hall–Kier alpha value is -3.89. The number of benzene rings is 2. The van der Waals surface area contributed by atoms with Gasteiger partial charge in [0.1, 0.15) is 0 Å². The minimum Gasteiger partial charge on any atom is -0.504 e. The van der Waals surface area contributed by atoms with E-state index in [1.807, 2.05) is 0 Å². The molecule has 170 valence electrons. The first kappa shape index (κ1) is 23.4. The summed E-state index contributed by atoms with van der Waals surface area (Å²) in [6.45, 7) is 3.51. The van der Waals surface area contributed by atoms with Crippen LogP contribution in [0.1, 0.15) is 32.3 Å². The minimum absolute atomic E-state index is 0.0765. The van der Waals surface area contributed by atoms with Crippen molar-refractivity contribution in [3.05, 3.63) is 5.56 Å². The number of carbonyl (C=O) groups is 1. The third-order valence-electron chi connectivity index (χ3n) is 4.87. The number of esters is 1. The van der Waals surface area contributed by atoms with Crippen molar-refractivity contribution in [2.45, 2.75) is 33.1 Å². The third kappa shape index (κ3) is 4.06. The second-order valence-corrected chi connectivity index (χ2v) is 6.91. The monoisotopic (exact) mass is 440 g/mol. The Labute approximate surface area is 176 Å². The molecule has 31 heavy (non-hydrogen) atoms. The van der Waals surface area contributed by atoms with Crippen molar-refractivity contribution in [1.29, 1.82) is 0 Å². The Bertz CT molecular complexity index is 955. The largest absolute Gasteiger partial charge is 0.504 e. The summed E-state index contributed by atoms with van der Waals surface area (Å²) in [5.41, 5.74) is -2.13. The molecule has 2 rings (SSSR count). The smallest absolute Gasteiger partial charge is 0.308 e. The van der Waals surface area contributed by atoms with Gasteiger partial charge in [0.15, 0.2) is 34.5 Å². The van der Waals surface area contributed by atoms with Crippen LogP contribution in [0, 0.1) is 5.92 Å². The van der Waals surface area contributed by atoms with Crippen LogP contribution >= 0.6 is 0 Å². The van der Waals surface area contributed by atoms with Crippen LogP contribution < -0.4 is 0 Å². The molecule has 9 N–H and O–H groups in total. The fourth-order valence-electron chi connectivity index (χ4n) is 3.13. The van der Waals surface area contributed by atoms with Gasteiger partial charge in [-0.25, -0.2) is 0 Å². The number of phenolic OH excluding ortho intramolecular Hbond substituents is 9. The van der Waals surface area contributed by atoms with Gasteiger partial charge in [0.25, 0.3) is 0 Å². The lowest BCUT2D eigenvalue weighted by Crippen LogP contribution is -2.14. The summed E-state index contributed by atoms with van der Waals surface area (Å²) in [7, 11) is 0. The maximum Gasteiger partial charge on any atom is 0.308 e. The van der Waals surface area contributed by atoms with Crippen molar-refractivity contribution >= 4 is 5.97 Å². The Morgan fingerprint density at radius 3 is 1.52 bits per heavy atom. The van der Waals surface area contributed by atoms with Crippen molar-refractivity contribution in [1.82, 2.24) is 0 Å². The van der Waals surface area contributed by atoms with E-state index in [2.05, 4.69) is 0 Å². The van der Waals surface area contributed by atoms with Gasteiger partial charge >= 0.3 is 5.97 Å². The fourth-order valence-corrected chi connectivity index (χ4v) is 3.13. The highest BCUT2D eigenvalue weighted by Gasteiger charge is 2.32. The van der Waals surface area contributed by atoms with E-state index in [9.17, 15) is 50.8 Å². The second kappa shape index (κ2) is 8.86. The van der Waals surface area contributed by atoms with Crippen LogP contribution in [0.3, 0.4) is 0 Å². The van der Waals surface area contributed by atoms with Crippen molar-refractivity contribution in [2.75, 3.05) is 6.61 Å². The average molecular weight is 440 g/mol. The van der Waals surface area contributed by atoms with Gasteiger partial charge in [-0.05, 0) is 26.2 Å². The minimum atomic E-state index is -1.28. The lowest BCUT2D eigenvalue weighted by atomic mass is 9.93. The van der Waals surface area contributed by atoms with E-state index in [-0.39, 0.29) is 25.0 Å². The zero-order valence-corrected chi connectivity index (χ0v) is 16.7. The summed E-state index contributed by atoms with van der Waals surface area (Å²) in [5.74, 6) is -11.2. The van der Waals surface area contributed by atoms with Crippen molar-refractivity contribution < 1.29 is 55.5 Å². The molecule has 0 aromatic heterocycles. The molecule has 1 unspecified atom stereocenters. The number of hydrogen-bond donors (Lipinski definition) is 9. The van der Waals surface area contributed by atoms with Gasteiger partial charge in [-0.3, -0.25) is 4.79 Å². The van der Waals surface area contributed by atoms with Crippen molar-refractivity contribution in [2.24, 2.45) is 5.92 Å². The highest BCUT2D eigenvalue weighted by Crippen LogP contribution is 2.61. The van der Waals surface area contributed by atoms with Crippen LogP contribution in [-0.4, -0.2) is 58.5 Å². The Morgan fingerprint density at radius 2 is 1.10 bits per heavy atom. The molecule has 2 aromatic carbocycles. The highest BCUT2D eigenvalue weighted by atomic mass is 16.5. The average Bonchev–Trinajstić information content (AvgIpc) is 2.74. The number of phenols is 9. The Balaban J connectivity index is 2.48. The number of aromatic hydroxyl groups is 9. The van der Waals surface area contributed by atoms with Gasteiger partial charge in [0, 0.05) is 5.56 Å². The van der Waals surface area contributed by atoms with Gasteiger partial charge < -0.3 is 50.7 Å². The molecule has 0 radical (unpaired) electrons. The predicted molar refractivity (Wildman–Crippen MR) is 106 cm³/mol. The van der Waals surface area contributed by atoms with Gasteiger partial charge in [0.2, 0.25) is 17.2 Å². The topological polar surface area (TPSA) is 208 Å². The molecule has 11 heteroatoms. The second-order valence-electron chi connectivity index (χ2n) is 6.91. The lowest BCUT2D eigenvalue weighted by molar-refractivity contribution is -0.147. The maximum absolute atomic E-state index is 11.7. The first-order valence-corrected chi connectivity index (χ1v) is 9.29. The standard InChI is InChI=1S/C20H24O11/c1-3-31-20(30)7(2)5-4-6-8-11(21)13(23)9(14(24)12(8)22)10-15(25)17(27)19(29)18(28)16(10)26/h7,21-29H,3-6H2,1-2H3. The van der Waals surface area contributed by atoms with Gasteiger partial charge in [-0.2, -0.15) is 0 Å². The Kier molecular flexibility index (Phi) is 6.68. The first-order valence-electron chi connectivity index (χ1n) is 9.29. The molecule has 0 aliphatic rings. The molecule has 0 saturated heterocycles. The molecule has 0 spiro atoms. The molecule has 1 atom stereocenters. The van der Waals surface area contributed by atoms with E-state index in [0.29, 0.717) is 6.42 Å². The number of rotatable bonds is 7. The summed E-state index contributed by atoms with van der Waals surface area (Å²) >= 11 is 0. The van der Waals surface area contributed by atoms with Crippen LogP contribution in [0.2, 0.25) is 0 Å². The molecule has 0 aliphatic carbocycles. The zero-order valence-electron chi connectivity index (χ0n) is 16.7. The van der Waals surface area contributed by atoms with Gasteiger partial charge in [0.05, 0.1) is 23.7 Å². The van der Waals surface area contributed by atoms with E-state index in [0.717, 1.165) is 0 Å². The lowest BCUT2D eigenvalue weighted by Gasteiger charge is -2.18. The van der Waals surface area contributed by atoms with E-state index < -0.39 is 74.8 Å². The van der Waals surface area contributed by atoms with E-state index >= 15 is 0 Å². The molecule has 0 fully saturated rings. The van der Waals surface area contributed by atoms with Crippen molar-refractivity contribution in [3.63, 3.8) is 0 Å². The summed E-state index contributed by atoms with van der Waals surface area (Å²) in [5, 5.41) is 90.3. The molecular weight excluding hydrogens is 416 g/mol. The number of hydrogen-bond acceptors (Lipinski definition) is 11. The van der Waals surface area contributed by atoms with E-state index in [1.165, 1.54) is 0 Å². The quantitative estimate of drug-likeness (QED) is 0.173. The molecule has 2 aromatic rings. The highest BCUT2D eigenvalue weighted by molar-refractivity contribution is 5.93. The molecule has 0 bridgehead atoms.